The van der Waals surface area contributed by atoms with Crippen LogP contribution in [0.2, 0.25) is 10.0 Å². The van der Waals surface area contributed by atoms with Crippen molar-refractivity contribution in [3.8, 4) is 0 Å². The van der Waals surface area contributed by atoms with E-state index in [1.807, 2.05) is 13.8 Å². The van der Waals surface area contributed by atoms with Crippen LogP contribution in [-0.2, 0) is 0 Å². The zero-order valence-electron chi connectivity index (χ0n) is 11.3. The summed E-state index contributed by atoms with van der Waals surface area (Å²) < 4.78 is 0. The van der Waals surface area contributed by atoms with Gasteiger partial charge in [0.15, 0.2) is 0 Å². The van der Waals surface area contributed by atoms with Gasteiger partial charge in [-0.2, -0.15) is 0 Å². The molecule has 0 heterocycles. The summed E-state index contributed by atoms with van der Waals surface area (Å²) in [6.07, 6.45) is 0.608. The Morgan fingerprint density at radius 1 is 1.42 bits per heavy atom. The quantitative estimate of drug-likeness (QED) is 0.874. The number of carbonyl (C=O) groups is 1. The fourth-order valence-electron chi connectivity index (χ4n) is 1.99. The molecule has 0 radical (unpaired) electrons. The Hall–Kier alpha value is -0.770. The summed E-state index contributed by atoms with van der Waals surface area (Å²) in [5.74, 6) is 0.0122. The van der Waals surface area contributed by atoms with Crippen molar-refractivity contribution in [2.75, 3.05) is 6.54 Å². The SMILES string of the molecule is CC(C)CC(C)(O)CNC(=O)c1cc(Cl)ccc1Cl. The second-order valence-corrected chi connectivity index (χ2v) is 6.25. The van der Waals surface area contributed by atoms with Crippen LogP contribution < -0.4 is 5.32 Å². The van der Waals surface area contributed by atoms with Crippen LogP contribution in [0.25, 0.3) is 0 Å². The molecular formula is C14H19Cl2NO2. The third-order valence-corrected chi connectivity index (χ3v) is 3.22. The molecule has 1 aromatic carbocycles. The van der Waals surface area contributed by atoms with Gasteiger partial charge in [0.1, 0.15) is 0 Å². The lowest BCUT2D eigenvalue weighted by Gasteiger charge is -2.25. The molecule has 0 aliphatic rings. The largest absolute Gasteiger partial charge is 0.388 e. The minimum atomic E-state index is -0.936. The first-order valence-electron chi connectivity index (χ1n) is 6.17. The van der Waals surface area contributed by atoms with Gasteiger partial charge in [-0.3, -0.25) is 4.79 Å². The monoisotopic (exact) mass is 303 g/mol. The van der Waals surface area contributed by atoms with Crippen molar-refractivity contribution in [3.63, 3.8) is 0 Å². The van der Waals surface area contributed by atoms with Crippen LogP contribution in [-0.4, -0.2) is 23.2 Å². The normalized spacial score (nSPS) is 14.3. The van der Waals surface area contributed by atoms with Gasteiger partial charge < -0.3 is 10.4 Å². The zero-order valence-corrected chi connectivity index (χ0v) is 12.8. The van der Waals surface area contributed by atoms with E-state index in [-0.39, 0.29) is 12.5 Å². The van der Waals surface area contributed by atoms with Crippen molar-refractivity contribution in [1.82, 2.24) is 5.32 Å². The van der Waals surface area contributed by atoms with Gasteiger partial charge in [0.25, 0.3) is 5.91 Å². The molecule has 0 saturated heterocycles. The van der Waals surface area contributed by atoms with E-state index in [1.54, 1.807) is 19.1 Å². The maximum Gasteiger partial charge on any atom is 0.252 e. The molecule has 106 valence electrons. The number of benzene rings is 1. The van der Waals surface area contributed by atoms with Crippen molar-refractivity contribution >= 4 is 29.1 Å². The van der Waals surface area contributed by atoms with Gasteiger partial charge in [0.2, 0.25) is 0 Å². The van der Waals surface area contributed by atoms with Gasteiger partial charge in [0, 0.05) is 11.6 Å². The maximum absolute atomic E-state index is 12.0. The number of halogens is 2. The first kappa shape index (κ1) is 16.3. The average Bonchev–Trinajstić information content (AvgIpc) is 2.27. The topological polar surface area (TPSA) is 49.3 Å². The van der Waals surface area contributed by atoms with Crippen LogP contribution in [0.3, 0.4) is 0 Å². The van der Waals surface area contributed by atoms with Crippen LogP contribution in [0, 0.1) is 5.92 Å². The minimum absolute atomic E-state index is 0.173. The third kappa shape index (κ3) is 5.39. The Balaban J connectivity index is 2.68. The third-order valence-electron chi connectivity index (χ3n) is 2.65. The molecule has 5 heteroatoms. The zero-order chi connectivity index (χ0) is 14.6. The minimum Gasteiger partial charge on any atom is -0.388 e. The fraction of sp³-hybridized carbons (Fsp3) is 0.500. The predicted octanol–water partition coefficient (Wildman–Crippen LogP) is 3.52. The smallest absolute Gasteiger partial charge is 0.252 e. The Bertz CT molecular complexity index is 459. The number of hydrogen-bond donors (Lipinski definition) is 2. The molecule has 1 aromatic rings. The van der Waals surface area contributed by atoms with E-state index in [0.29, 0.717) is 27.9 Å². The highest BCUT2D eigenvalue weighted by Crippen LogP contribution is 2.21. The van der Waals surface area contributed by atoms with Gasteiger partial charge in [-0.25, -0.2) is 0 Å². The van der Waals surface area contributed by atoms with Crippen molar-refractivity contribution in [2.45, 2.75) is 32.8 Å². The highest BCUT2D eigenvalue weighted by atomic mass is 35.5. The molecule has 2 N–H and O–H groups in total. The van der Waals surface area contributed by atoms with Crippen LogP contribution in [0.15, 0.2) is 18.2 Å². The summed E-state index contributed by atoms with van der Waals surface area (Å²) in [5.41, 5.74) is -0.621. The van der Waals surface area contributed by atoms with E-state index >= 15 is 0 Å². The van der Waals surface area contributed by atoms with E-state index < -0.39 is 5.60 Å². The molecule has 0 saturated carbocycles. The summed E-state index contributed by atoms with van der Waals surface area (Å²) in [6, 6.07) is 4.71. The molecule has 0 spiro atoms. The average molecular weight is 304 g/mol. The number of rotatable bonds is 5. The molecule has 1 amide bonds. The fourth-order valence-corrected chi connectivity index (χ4v) is 2.36. The molecule has 0 bridgehead atoms. The molecule has 0 aliphatic heterocycles. The van der Waals surface area contributed by atoms with Gasteiger partial charge in [0.05, 0.1) is 16.2 Å². The highest BCUT2D eigenvalue weighted by Gasteiger charge is 2.23. The summed E-state index contributed by atoms with van der Waals surface area (Å²) in [7, 11) is 0. The summed E-state index contributed by atoms with van der Waals surface area (Å²) in [5, 5.41) is 13.6. The second kappa shape index (κ2) is 6.60. The first-order valence-corrected chi connectivity index (χ1v) is 6.92. The molecule has 0 fully saturated rings. The van der Waals surface area contributed by atoms with E-state index in [9.17, 15) is 9.90 Å². The number of carbonyl (C=O) groups excluding carboxylic acids is 1. The molecule has 0 aliphatic carbocycles. The van der Waals surface area contributed by atoms with Crippen LogP contribution >= 0.6 is 23.2 Å². The van der Waals surface area contributed by atoms with Crippen molar-refractivity contribution in [2.24, 2.45) is 5.92 Å². The number of hydrogen-bond acceptors (Lipinski definition) is 2. The van der Waals surface area contributed by atoms with Gasteiger partial charge in [-0.15, -0.1) is 0 Å². The standard InChI is InChI=1S/C14H19Cl2NO2/c1-9(2)7-14(3,19)8-17-13(18)11-6-10(15)4-5-12(11)16/h4-6,9,19H,7-8H2,1-3H3,(H,17,18). The van der Waals surface area contributed by atoms with E-state index in [2.05, 4.69) is 5.32 Å². The Morgan fingerprint density at radius 2 is 2.05 bits per heavy atom. The first-order chi connectivity index (χ1) is 8.71. The molecule has 0 aromatic heterocycles. The number of nitrogens with one attached hydrogen (secondary N) is 1. The molecule has 3 nitrogen and oxygen atoms in total. The molecule has 19 heavy (non-hydrogen) atoms. The number of aliphatic hydroxyl groups is 1. The van der Waals surface area contributed by atoms with Gasteiger partial charge in [-0.05, 0) is 37.5 Å². The summed E-state index contributed by atoms with van der Waals surface area (Å²) >= 11 is 11.8. The molecule has 1 rings (SSSR count). The van der Waals surface area contributed by atoms with Crippen LogP contribution in [0.1, 0.15) is 37.6 Å². The van der Waals surface area contributed by atoms with Crippen molar-refractivity contribution in [1.29, 1.82) is 0 Å². The van der Waals surface area contributed by atoms with Crippen LogP contribution in [0.4, 0.5) is 0 Å². The molecule has 1 atom stereocenters. The summed E-state index contributed by atoms with van der Waals surface area (Å²) in [4.78, 5) is 12.0. The van der Waals surface area contributed by atoms with Crippen molar-refractivity contribution in [3.05, 3.63) is 33.8 Å². The highest BCUT2D eigenvalue weighted by molar-refractivity contribution is 6.35. The predicted molar refractivity (Wildman–Crippen MR) is 78.9 cm³/mol. The van der Waals surface area contributed by atoms with E-state index in [1.165, 1.54) is 6.07 Å². The van der Waals surface area contributed by atoms with Gasteiger partial charge >= 0.3 is 0 Å². The van der Waals surface area contributed by atoms with Crippen LogP contribution in [0.5, 0.6) is 0 Å². The van der Waals surface area contributed by atoms with E-state index in [4.69, 9.17) is 23.2 Å². The maximum atomic E-state index is 12.0. The molecule has 1 unspecified atom stereocenters. The lowest BCUT2D eigenvalue weighted by atomic mass is 9.94. The van der Waals surface area contributed by atoms with Gasteiger partial charge in [-0.1, -0.05) is 37.0 Å². The Kier molecular flexibility index (Phi) is 5.65. The Morgan fingerprint density at radius 3 is 2.63 bits per heavy atom. The second-order valence-electron chi connectivity index (χ2n) is 5.40. The van der Waals surface area contributed by atoms with Crippen molar-refractivity contribution < 1.29 is 9.90 Å². The summed E-state index contributed by atoms with van der Waals surface area (Å²) in [6.45, 7) is 5.91. The molecular weight excluding hydrogens is 285 g/mol. The lowest BCUT2D eigenvalue weighted by Crippen LogP contribution is -2.41. The number of amides is 1. The Labute approximate surface area is 123 Å². The lowest BCUT2D eigenvalue weighted by molar-refractivity contribution is 0.0368. The van der Waals surface area contributed by atoms with E-state index in [0.717, 1.165) is 0 Å².